The van der Waals surface area contributed by atoms with E-state index >= 15 is 0 Å². The molecular formula is C12H19N5O2. The van der Waals surface area contributed by atoms with Crippen molar-refractivity contribution < 1.29 is 4.92 Å². The van der Waals surface area contributed by atoms with Gasteiger partial charge >= 0.3 is 5.69 Å². The molecular weight excluding hydrogens is 246 g/mol. The Labute approximate surface area is 112 Å². The van der Waals surface area contributed by atoms with Crippen LogP contribution < -0.4 is 10.2 Å². The zero-order valence-corrected chi connectivity index (χ0v) is 11.5. The van der Waals surface area contributed by atoms with Gasteiger partial charge in [-0.3, -0.25) is 10.1 Å². The summed E-state index contributed by atoms with van der Waals surface area (Å²) >= 11 is 0. The van der Waals surface area contributed by atoms with E-state index in [2.05, 4.69) is 29.1 Å². The average Bonchev–Trinajstić information content (AvgIpc) is 2.36. The van der Waals surface area contributed by atoms with Crippen LogP contribution >= 0.6 is 0 Å². The van der Waals surface area contributed by atoms with Crippen molar-refractivity contribution in [1.29, 1.82) is 0 Å². The first-order valence-corrected chi connectivity index (χ1v) is 6.45. The summed E-state index contributed by atoms with van der Waals surface area (Å²) in [5.74, 6) is 1.70. The number of nitrogens with zero attached hydrogens (tertiary/aromatic N) is 4. The maximum absolute atomic E-state index is 11.3. The van der Waals surface area contributed by atoms with Gasteiger partial charge in [0.1, 0.15) is 6.33 Å². The maximum atomic E-state index is 11.3. The van der Waals surface area contributed by atoms with Crippen molar-refractivity contribution in [2.75, 3.05) is 30.4 Å². The minimum Gasteiger partial charge on any atom is -0.367 e. The molecule has 0 saturated carbocycles. The number of hydrogen-bond acceptors (Lipinski definition) is 6. The van der Waals surface area contributed by atoms with E-state index in [9.17, 15) is 10.1 Å². The molecule has 1 aromatic heterocycles. The van der Waals surface area contributed by atoms with E-state index < -0.39 is 4.92 Å². The van der Waals surface area contributed by atoms with Gasteiger partial charge in [-0.15, -0.1) is 0 Å². The summed E-state index contributed by atoms with van der Waals surface area (Å²) in [5.41, 5.74) is -0.0358. The second-order valence-corrected chi connectivity index (χ2v) is 5.25. The predicted octanol–water partition coefficient (Wildman–Crippen LogP) is 1.91. The molecule has 1 saturated heterocycles. The van der Waals surface area contributed by atoms with Crippen molar-refractivity contribution in [2.45, 2.75) is 20.3 Å². The summed E-state index contributed by atoms with van der Waals surface area (Å²) in [6.07, 6.45) is 2.52. The van der Waals surface area contributed by atoms with Crippen molar-refractivity contribution >= 4 is 17.3 Å². The third kappa shape index (κ3) is 2.74. The number of nitro groups is 1. The van der Waals surface area contributed by atoms with Crippen molar-refractivity contribution in [2.24, 2.45) is 11.8 Å². The number of hydrogen-bond donors (Lipinski definition) is 1. The van der Waals surface area contributed by atoms with Gasteiger partial charge in [-0.05, 0) is 18.3 Å². The smallest absolute Gasteiger partial charge is 0.353 e. The molecule has 2 unspecified atom stereocenters. The molecule has 2 atom stereocenters. The van der Waals surface area contributed by atoms with Gasteiger partial charge in [0, 0.05) is 20.1 Å². The largest absolute Gasteiger partial charge is 0.367 e. The van der Waals surface area contributed by atoms with Crippen LogP contribution in [-0.2, 0) is 0 Å². The fourth-order valence-electron chi connectivity index (χ4n) is 2.79. The van der Waals surface area contributed by atoms with Gasteiger partial charge in [0.25, 0.3) is 0 Å². The number of anilines is 2. The van der Waals surface area contributed by atoms with Crippen molar-refractivity contribution in [3.63, 3.8) is 0 Å². The van der Waals surface area contributed by atoms with Crippen LogP contribution in [0.4, 0.5) is 17.3 Å². The maximum Gasteiger partial charge on any atom is 0.353 e. The normalized spacial score (nSPS) is 23.2. The molecule has 1 aliphatic heterocycles. The van der Waals surface area contributed by atoms with Gasteiger partial charge in [0.15, 0.2) is 0 Å². The Balaban J connectivity index is 2.41. The standard InChI is InChI=1S/C12H19N5O2/c1-8-4-9(2)6-16(5-8)12-10(17(18)19)11(13-3)14-7-15-12/h7-9H,4-6H2,1-3H3,(H,13,14,15). The molecule has 0 aromatic carbocycles. The molecule has 0 aliphatic carbocycles. The van der Waals surface area contributed by atoms with E-state index in [0.717, 1.165) is 19.5 Å². The molecule has 0 amide bonds. The molecule has 0 bridgehead atoms. The highest BCUT2D eigenvalue weighted by Crippen LogP contribution is 2.34. The molecule has 1 aromatic rings. The van der Waals surface area contributed by atoms with E-state index in [0.29, 0.717) is 17.7 Å². The average molecular weight is 265 g/mol. The molecule has 1 aliphatic rings. The van der Waals surface area contributed by atoms with Crippen LogP contribution in [0, 0.1) is 22.0 Å². The van der Waals surface area contributed by atoms with Crippen LogP contribution in [0.3, 0.4) is 0 Å². The lowest BCUT2D eigenvalue weighted by Crippen LogP contribution is -2.39. The minimum absolute atomic E-state index is 0.0358. The van der Waals surface area contributed by atoms with Crippen LogP contribution in [0.15, 0.2) is 6.33 Å². The van der Waals surface area contributed by atoms with E-state index in [-0.39, 0.29) is 11.5 Å². The Kier molecular flexibility index (Phi) is 3.82. The predicted molar refractivity (Wildman–Crippen MR) is 73.4 cm³/mol. The molecule has 2 rings (SSSR count). The summed E-state index contributed by atoms with van der Waals surface area (Å²) in [6.45, 7) is 5.92. The molecule has 1 fully saturated rings. The van der Waals surface area contributed by atoms with E-state index in [1.165, 1.54) is 6.33 Å². The second-order valence-electron chi connectivity index (χ2n) is 5.25. The van der Waals surface area contributed by atoms with Gasteiger partial charge in [0.05, 0.1) is 4.92 Å². The van der Waals surface area contributed by atoms with Gasteiger partial charge in [-0.2, -0.15) is 0 Å². The number of nitrogens with one attached hydrogen (secondary N) is 1. The first-order valence-electron chi connectivity index (χ1n) is 6.45. The quantitative estimate of drug-likeness (QED) is 0.664. The highest BCUT2D eigenvalue weighted by molar-refractivity contribution is 5.70. The third-order valence-electron chi connectivity index (χ3n) is 3.39. The Morgan fingerprint density at radius 2 is 2.00 bits per heavy atom. The Morgan fingerprint density at radius 3 is 2.53 bits per heavy atom. The molecule has 0 radical (unpaired) electrons. The topological polar surface area (TPSA) is 84.2 Å². The first-order chi connectivity index (χ1) is 9.02. The van der Waals surface area contributed by atoms with Crippen molar-refractivity contribution in [1.82, 2.24) is 9.97 Å². The number of piperidine rings is 1. The lowest BCUT2D eigenvalue weighted by molar-refractivity contribution is -0.383. The van der Waals surface area contributed by atoms with Crippen molar-refractivity contribution in [3.8, 4) is 0 Å². The summed E-state index contributed by atoms with van der Waals surface area (Å²) < 4.78 is 0. The third-order valence-corrected chi connectivity index (χ3v) is 3.39. The fourth-order valence-corrected chi connectivity index (χ4v) is 2.79. The highest BCUT2D eigenvalue weighted by atomic mass is 16.6. The van der Waals surface area contributed by atoms with E-state index in [1.807, 2.05) is 4.90 Å². The highest BCUT2D eigenvalue weighted by Gasteiger charge is 2.30. The minimum atomic E-state index is -0.412. The lowest BCUT2D eigenvalue weighted by atomic mass is 9.92. The molecule has 19 heavy (non-hydrogen) atoms. The van der Waals surface area contributed by atoms with E-state index in [4.69, 9.17) is 0 Å². The van der Waals surface area contributed by atoms with Crippen LogP contribution in [0.5, 0.6) is 0 Å². The Bertz CT molecular complexity index is 469. The van der Waals surface area contributed by atoms with Crippen molar-refractivity contribution in [3.05, 3.63) is 16.4 Å². The number of rotatable bonds is 3. The Hall–Kier alpha value is -1.92. The zero-order chi connectivity index (χ0) is 14.0. The molecule has 7 nitrogen and oxygen atoms in total. The SMILES string of the molecule is CNc1ncnc(N2CC(C)CC(C)C2)c1[N+](=O)[O-]. The monoisotopic (exact) mass is 265 g/mol. The fraction of sp³-hybridized carbons (Fsp3) is 0.667. The van der Waals surface area contributed by atoms with Gasteiger partial charge < -0.3 is 10.2 Å². The summed E-state index contributed by atoms with van der Waals surface area (Å²) in [7, 11) is 1.63. The van der Waals surface area contributed by atoms with Crippen LogP contribution in [0.25, 0.3) is 0 Å². The zero-order valence-electron chi connectivity index (χ0n) is 11.5. The molecule has 1 N–H and O–H groups in total. The van der Waals surface area contributed by atoms with Crippen LogP contribution in [0.1, 0.15) is 20.3 Å². The Morgan fingerprint density at radius 1 is 1.37 bits per heavy atom. The summed E-state index contributed by atoms with van der Waals surface area (Å²) in [5, 5.41) is 14.0. The first kappa shape index (κ1) is 13.5. The molecule has 104 valence electrons. The summed E-state index contributed by atoms with van der Waals surface area (Å²) in [4.78, 5) is 20.9. The second kappa shape index (κ2) is 5.38. The van der Waals surface area contributed by atoms with Gasteiger partial charge in [-0.25, -0.2) is 9.97 Å². The number of aromatic nitrogens is 2. The van der Waals surface area contributed by atoms with Crippen LogP contribution in [0.2, 0.25) is 0 Å². The van der Waals surface area contributed by atoms with E-state index in [1.54, 1.807) is 7.05 Å². The lowest BCUT2D eigenvalue weighted by Gasteiger charge is -2.35. The van der Waals surface area contributed by atoms with Gasteiger partial charge in [0.2, 0.25) is 11.6 Å². The summed E-state index contributed by atoms with van der Waals surface area (Å²) in [6, 6.07) is 0. The molecule has 2 heterocycles. The van der Waals surface area contributed by atoms with Crippen LogP contribution in [-0.4, -0.2) is 35.0 Å². The molecule has 0 spiro atoms. The van der Waals surface area contributed by atoms with Gasteiger partial charge in [-0.1, -0.05) is 13.8 Å². The molecule has 7 heteroatoms.